The number of carbonyl (C=O) groups is 1. The van der Waals surface area contributed by atoms with Gasteiger partial charge in [0.1, 0.15) is 11.5 Å². The fourth-order valence-corrected chi connectivity index (χ4v) is 1.41. The largest absolute Gasteiger partial charge is 0.508 e. The number of aryl methyl sites for hydroxylation is 1. The monoisotopic (exact) mass is 248 g/mol. The molecule has 0 spiro atoms. The van der Waals surface area contributed by atoms with E-state index in [1.165, 1.54) is 16.9 Å². The average molecular weight is 248 g/mol. The molecule has 0 aliphatic rings. The van der Waals surface area contributed by atoms with Crippen LogP contribution in [0.3, 0.4) is 0 Å². The molecule has 1 aromatic carbocycles. The molecule has 0 aliphatic heterocycles. The van der Waals surface area contributed by atoms with Gasteiger partial charge in [0.2, 0.25) is 0 Å². The summed E-state index contributed by atoms with van der Waals surface area (Å²) in [6, 6.07) is 6.39. The first-order valence-electron chi connectivity index (χ1n) is 5.34. The lowest BCUT2D eigenvalue weighted by Crippen LogP contribution is -2.04. The van der Waals surface area contributed by atoms with Crippen LogP contribution in [0.5, 0.6) is 17.2 Å². The molecule has 0 amide bonds. The Labute approximate surface area is 103 Å². The molecule has 94 valence electrons. The second-order valence-corrected chi connectivity index (χ2v) is 3.68. The molecule has 0 unspecified atom stereocenters. The molecule has 0 radical (unpaired) electrons. The molecule has 0 aliphatic carbocycles. The van der Waals surface area contributed by atoms with Crippen molar-refractivity contribution in [2.75, 3.05) is 0 Å². The number of nitrogens with zero attached hydrogens (tertiary/aromatic N) is 2. The number of rotatable bonds is 5. The van der Waals surface area contributed by atoms with Crippen LogP contribution in [0.4, 0.5) is 0 Å². The van der Waals surface area contributed by atoms with Gasteiger partial charge >= 0.3 is 5.97 Å². The zero-order valence-electron chi connectivity index (χ0n) is 9.48. The Morgan fingerprint density at radius 3 is 2.94 bits per heavy atom. The number of hydrogen-bond donors (Lipinski definition) is 2. The van der Waals surface area contributed by atoms with E-state index >= 15 is 0 Å². The van der Waals surface area contributed by atoms with Crippen molar-refractivity contribution in [3.05, 3.63) is 36.7 Å². The van der Waals surface area contributed by atoms with E-state index in [-0.39, 0.29) is 12.2 Å². The van der Waals surface area contributed by atoms with Crippen LogP contribution >= 0.6 is 0 Å². The van der Waals surface area contributed by atoms with E-state index < -0.39 is 5.97 Å². The van der Waals surface area contributed by atoms with E-state index in [0.29, 0.717) is 18.0 Å². The van der Waals surface area contributed by atoms with E-state index in [9.17, 15) is 9.90 Å². The number of benzene rings is 1. The standard InChI is InChI=1S/C12H12N2O4/c15-9-2-1-3-10(6-9)18-11-7-13-14(8-11)5-4-12(16)17/h1-3,6-8,15H,4-5H2,(H,16,17). The number of aliphatic carboxylic acids is 1. The fourth-order valence-electron chi connectivity index (χ4n) is 1.41. The predicted octanol–water partition coefficient (Wildman–Crippen LogP) is 1.86. The third kappa shape index (κ3) is 3.24. The lowest BCUT2D eigenvalue weighted by atomic mass is 10.3. The minimum Gasteiger partial charge on any atom is -0.508 e. The van der Waals surface area contributed by atoms with Crippen molar-refractivity contribution in [3.8, 4) is 17.2 Å². The Bertz CT molecular complexity index is 551. The first-order chi connectivity index (χ1) is 8.63. The lowest BCUT2D eigenvalue weighted by molar-refractivity contribution is -0.137. The predicted molar refractivity (Wildman–Crippen MR) is 62.7 cm³/mol. The second kappa shape index (κ2) is 5.22. The first kappa shape index (κ1) is 12.0. The molecular formula is C12H12N2O4. The third-order valence-corrected chi connectivity index (χ3v) is 2.22. The van der Waals surface area contributed by atoms with E-state index in [1.807, 2.05) is 0 Å². The van der Waals surface area contributed by atoms with Gasteiger partial charge in [0.05, 0.1) is 25.4 Å². The van der Waals surface area contributed by atoms with Gasteiger partial charge in [-0.05, 0) is 12.1 Å². The number of ether oxygens (including phenoxy) is 1. The molecular weight excluding hydrogens is 236 g/mol. The van der Waals surface area contributed by atoms with E-state index in [4.69, 9.17) is 9.84 Å². The van der Waals surface area contributed by atoms with E-state index in [1.54, 1.807) is 24.4 Å². The van der Waals surface area contributed by atoms with Gasteiger partial charge in [-0.3, -0.25) is 9.48 Å². The van der Waals surface area contributed by atoms with Gasteiger partial charge in [0.15, 0.2) is 5.75 Å². The molecule has 0 saturated heterocycles. The lowest BCUT2D eigenvalue weighted by Gasteiger charge is -2.02. The van der Waals surface area contributed by atoms with Crippen molar-refractivity contribution in [2.24, 2.45) is 0 Å². The number of aromatic hydroxyl groups is 1. The average Bonchev–Trinajstić information content (AvgIpc) is 2.74. The first-order valence-corrected chi connectivity index (χ1v) is 5.34. The number of carboxylic acid groups (broad SMARTS) is 1. The molecule has 1 heterocycles. The molecule has 0 fully saturated rings. The van der Waals surface area contributed by atoms with Crippen LogP contribution in [-0.4, -0.2) is 26.0 Å². The molecule has 6 nitrogen and oxygen atoms in total. The fraction of sp³-hybridized carbons (Fsp3) is 0.167. The molecule has 0 bridgehead atoms. The summed E-state index contributed by atoms with van der Waals surface area (Å²) < 4.78 is 6.95. The Morgan fingerprint density at radius 1 is 1.39 bits per heavy atom. The SMILES string of the molecule is O=C(O)CCn1cc(Oc2cccc(O)c2)cn1. The highest BCUT2D eigenvalue weighted by Crippen LogP contribution is 2.23. The smallest absolute Gasteiger partial charge is 0.305 e. The maximum absolute atomic E-state index is 10.4. The molecule has 0 atom stereocenters. The Morgan fingerprint density at radius 2 is 2.22 bits per heavy atom. The molecule has 1 aromatic heterocycles. The van der Waals surface area contributed by atoms with Crippen LogP contribution in [0.25, 0.3) is 0 Å². The molecule has 2 rings (SSSR count). The van der Waals surface area contributed by atoms with Gasteiger partial charge in [-0.15, -0.1) is 0 Å². The van der Waals surface area contributed by atoms with Gasteiger partial charge in [0.25, 0.3) is 0 Å². The zero-order valence-corrected chi connectivity index (χ0v) is 9.48. The molecule has 6 heteroatoms. The molecule has 2 aromatic rings. The summed E-state index contributed by atoms with van der Waals surface area (Å²) in [6.07, 6.45) is 3.10. The topological polar surface area (TPSA) is 84.6 Å². The zero-order chi connectivity index (χ0) is 13.0. The minimum atomic E-state index is -0.874. The van der Waals surface area contributed by atoms with Crippen LogP contribution in [0.15, 0.2) is 36.7 Å². The van der Waals surface area contributed by atoms with Crippen LogP contribution in [0.2, 0.25) is 0 Å². The summed E-state index contributed by atoms with van der Waals surface area (Å²) in [4.78, 5) is 10.4. The van der Waals surface area contributed by atoms with Gasteiger partial charge < -0.3 is 14.9 Å². The van der Waals surface area contributed by atoms with Crippen molar-refractivity contribution in [2.45, 2.75) is 13.0 Å². The minimum absolute atomic E-state index is 0.00719. The summed E-state index contributed by atoms with van der Waals surface area (Å²) in [5, 5.41) is 21.8. The molecule has 0 saturated carbocycles. The van der Waals surface area contributed by atoms with Crippen LogP contribution in [0.1, 0.15) is 6.42 Å². The van der Waals surface area contributed by atoms with E-state index in [2.05, 4.69) is 5.10 Å². The number of phenolic OH excluding ortho intramolecular Hbond substituents is 1. The van der Waals surface area contributed by atoms with Crippen LogP contribution in [-0.2, 0) is 11.3 Å². The second-order valence-electron chi connectivity index (χ2n) is 3.68. The molecule has 18 heavy (non-hydrogen) atoms. The third-order valence-electron chi connectivity index (χ3n) is 2.22. The molecule has 2 N–H and O–H groups in total. The van der Waals surface area contributed by atoms with Crippen molar-refractivity contribution < 1.29 is 19.7 Å². The van der Waals surface area contributed by atoms with Gasteiger partial charge in [-0.1, -0.05) is 6.07 Å². The maximum atomic E-state index is 10.4. The van der Waals surface area contributed by atoms with Crippen molar-refractivity contribution >= 4 is 5.97 Å². The number of aromatic nitrogens is 2. The number of phenols is 1. The van der Waals surface area contributed by atoms with Crippen molar-refractivity contribution in [1.82, 2.24) is 9.78 Å². The van der Waals surface area contributed by atoms with Gasteiger partial charge in [-0.25, -0.2) is 0 Å². The Kier molecular flexibility index (Phi) is 3.47. The van der Waals surface area contributed by atoms with Gasteiger partial charge in [-0.2, -0.15) is 5.10 Å². The highest BCUT2D eigenvalue weighted by atomic mass is 16.5. The quantitative estimate of drug-likeness (QED) is 0.843. The Hall–Kier alpha value is -2.50. The van der Waals surface area contributed by atoms with Crippen molar-refractivity contribution in [3.63, 3.8) is 0 Å². The Balaban J connectivity index is 2.00. The highest BCUT2D eigenvalue weighted by Gasteiger charge is 2.03. The summed E-state index contributed by atoms with van der Waals surface area (Å²) in [6.45, 7) is 0.290. The number of carboxylic acids is 1. The van der Waals surface area contributed by atoms with Crippen molar-refractivity contribution in [1.29, 1.82) is 0 Å². The van der Waals surface area contributed by atoms with Gasteiger partial charge in [0, 0.05) is 6.07 Å². The summed E-state index contributed by atoms with van der Waals surface area (Å²) in [7, 11) is 0. The summed E-state index contributed by atoms with van der Waals surface area (Å²) in [5.41, 5.74) is 0. The normalized spacial score (nSPS) is 10.2. The maximum Gasteiger partial charge on any atom is 0.305 e. The summed E-state index contributed by atoms with van der Waals surface area (Å²) in [5.74, 6) is 0.227. The summed E-state index contributed by atoms with van der Waals surface area (Å²) >= 11 is 0. The van der Waals surface area contributed by atoms with Crippen LogP contribution in [0, 0.1) is 0 Å². The number of hydrogen-bond acceptors (Lipinski definition) is 4. The van der Waals surface area contributed by atoms with Crippen LogP contribution < -0.4 is 4.74 Å². The van der Waals surface area contributed by atoms with E-state index in [0.717, 1.165) is 0 Å². The highest BCUT2D eigenvalue weighted by molar-refractivity contribution is 5.66.